The maximum absolute atomic E-state index is 13.3. The molecule has 0 radical (unpaired) electrons. The van der Waals surface area contributed by atoms with Crippen LogP contribution < -0.4 is 13.8 Å². The molecule has 200 valence electrons. The van der Waals surface area contributed by atoms with Crippen LogP contribution in [0.3, 0.4) is 0 Å². The van der Waals surface area contributed by atoms with Gasteiger partial charge in [-0.05, 0) is 47.8 Å². The van der Waals surface area contributed by atoms with Crippen molar-refractivity contribution in [2.24, 2.45) is 0 Å². The molecule has 0 saturated carbocycles. The second-order valence-electron chi connectivity index (χ2n) is 7.53. The summed E-state index contributed by atoms with van der Waals surface area (Å²) in [5.41, 5.74) is 0.560. The van der Waals surface area contributed by atoms with E-state index in [-0.39, 0.29) is 16.2 Å². The van der Waals surface area contributed by atoms with Gasteiger partial charge >= 0.3 is 15.1 Å². The minimum Gasteiger partial charge on any atom is -0.382 e. The van der Waals surface area contributed by atoms with Crippen LogP contribution in [0.15, 0.2) is 70.9 Å². The zero-order valence-corrected chi connectivity index (χ0v) is 23.2. The summed E-state index contributed by atoms with van der Waals surface area (Å²) in [6.45, 7) is 0.366. The number of nitrogens with zero attached hydrogens (tertiary/aromatic N) is 2. The summed E-state index contributed by atoms with van der Waals surface area (Å²) in [4.78, 5) is 12.6. The number of alkyl halides is 2. The molecule has 0 fully saturated rings. The van der Waals surface area contributed by atoms with Crippen LogP contribution in [0.1, 0.15) is 10.8 Å². The first-order chi connectivity index (χ1) is 17.6. The number of halogens is 2. The van der Waals surface area contributed by atoms with Gasteiger partial charge in [0.05, 0.1) is 15.4 Å². The van der Waals surface area contributed by atoms with E-state index in [0.29, 0.717) is 24.8 Å². The van der Waals surface area contributed by atoms with Crippen LogP contribution in [0.25, 0.3) is 0 Å². The second-order valence-corrected chi connectivity index (χ2v) is 12.7. The summed E-state index contributed by atoms with van der Waals surface area (Å²) >= 11 is 12.4. The summed E-state index contributed by atoms with van der Waals surface area (Å²) in [5.74, 6) is 0.682. The Balaban J connectivity index is 1.90. The number of hydrogen-bond donors (Lipinski definition) is 1. The van der Waals surface area contributed by atoms with Crippen molar-refractivity contribution >= 4 is 65.4 Å². The van der Waals surface area contributed by atoms with Gasteiger partial charge in [0, 0.05) is 37.1 Å². The molecule has 1 unspecified atom stereocenters. The molecule has 37 heavy (non-hydrogen) atoms. The van der Waals surface area contributed by atoms with Crippen LogP contribution in [0.5, 0.6) is 5.75 Å². The van der Waals surface area contributed by atoms with Gasteiger partial charge in [0.1, 0.15) is 11.0 Å². The van der Waals surface area contributed by atoms with Crippen molar-refractivity contribution < 1.29 is 25.9 Å². The smallest absolute Gasteiger partial charge is 0.328 e. The molecule has 0 aliphatic carbocycles. The summed E-state index contributed by atoms with van der Waals surface area (Å²) in [7, 11) is -8.70. The molecule has 1 N–H and O–H groups in total. The van der Waals surface area contributed by atoms with Gasteiger partial charge in [-0.2, -0.15) is 8.42 Å². The van der Waals surface area contributed by atoms with Gasteiger partial charge in [0.15, 0.2) is 0 Å². The van der Waals surface area contributed by atoms with Crippen LogP contribution in [0.2, 0.25) is 0 Å². The number of benzene rings is 2. The van der Waals surface area contributed by atoms with E-state index in [0.717, 1.165) is 17.0 Å². The van der Waals surface area contributed by atoms with Crippen LogP contribution in [0, 0.1) is 10.1 Å². The first-order valence-electron chi connectivity index (χ1n) is 10.8. The lowest BCUT2D eigenvalue weighted by atomic mass is 10.2. The van der Waals surface area contributed by atoms with E-state index in [1.54, 1.807) is 18.2 Å². The van der Waals surface area contributed by atoms with Crippen molar-refractivity contribution in [2.45, 2.75) is 10.1 Å². The van der Waals surface area contributed by atoms with Gasteiger partial charge in [-0.15, -0.1) is 23.2 Å². The third-order valence-corrected chi connectivity index (χ3v) is 9.37. The molecule has 0 amide bonds. The fourth-order valence-electron chi connectivity index (χ4n) is 3.42. The number of sulfonamides is 1. The molecule has 1 atom stereocenters. The van der Waals surface area contributed by atoms with Crippen molar-refractivity contribution in [1.29, 1.82) is 0 Å². The lowest BCUT2D eigenvalue weighted by Gasteiger charge is -2.23. The highest BCUT2D eigenvalue weighted by atomic mass is 35.5. The fraction of sp³-hybridized carbons (Fsp3) is 0.273. The van der Waals surface area contributed by atoms with Gasteiger partial charge in [0.25, 0.3) is 0 Å². The van der Waals surface area contributed by atoms with Gasteiger partial charge < -0.3 is 9.08 Å². The number of nitrogens with one attached hydrogen (secondary N) is 1. The molecule has 3 aromatic rings. The van der Waals surface area contributed by atoms with Crippen molar-refractivity contribution in [3.05, 3.63) is 81.7 Å². The average molecular weight is 609 g/mol. The van der Waals surface area contributed by atoms with E-state index >= 15 is 0 Å². The Morgan fingerprint density at radius 2 is 1.59 bits per heavy atom. The van der Waals surface area contributed by atoms with E-state index in [9.17, 15) is 26.9 Å². The maximum atomic E-state index is 13.3. The minimum atomic E-state index is -4.59. The molecule has 0 aliphatic rings. The zero-order valence-electron chi connectivity index (χ0n) is 19.2. The molecule has 3 rings (SSSR count). The number of rotatable bonds is 14. The SMILES string of the molecule is O=[N+]([O-])c1sccc1C(CNS(=O)(=O)c1ccccc1)S(=O)(=O)Oc1ccc(N(CCCl)CCCl)cc1. The molecule has 1 heterocycles. The third-order valence-electron chi connectivity index (χ3n) is 5.17. The number of anilines is 1. The van der Waals surface area contributed by atoms with E-state index in [2.05, 4.69) is 4.72 Å². The van der Waals surface area contributed by atoms with E-state index in [4.69, 9.17) is 27.4 Å². The Hall–Kier alpha value is -2.42. The topological polar surface area (TPSA) is 136 Å². The fourth-order valence-corrected chi connectivity index (χ4v) is 7.14. The second kappa shape index (κ2) is 12.9. The highest BCUT2D eigenvalue weighted by Gasteiger charge is 2.37. The Morgan fingerprint density at radius 3 is 2.16 bits per heavy atom. The molecular formula is C22H23Cl2N3O7S3. The Bertz CT molecular complexity index is 1390. The van der Waals surface area contributed by atoms with Gasteiger partial charge in [-0.3, -0.25) is 10.1 Å². The molecule has 0 aliphatic heterocycles. The molecule has 0 spiro atoms. The number of nitro groups is 1. The first-order valence-corrected chi connectivity index (χ1v) is 15.7. The molecule has 10 nitrogen and oxygen atoms in total. The Kier molecular flexibility index (Phi) is 10.2. The minimum absolute atomic E-state index is 0.0470. The highest BCUT2D eigenvalue weighted by molar-refractivity contribution is 7.89. The summed E-state index contributed by atoms with van der Waals surface area (Å²) in [5, 5.41) is 10.8. The van der Waals surface area contributed by atoms with Gasteiger partial charge in [-0.25, -0.2) is 13.1 Å². The van der Waals surface area contributed by atoms with Crippen molar-refractivity contribution in [3.63, 3.8) is 0 Å². The third kappa shape index (κ3) is 7.55. The standard InChI is InChI=1S/C22H23Cl2N3O7S3/c23-11-13-26(14-12-24)17-6-8-18(9-7-17)34-37(32,33)21(20-10-15-35-22(20)27(28)29)16-25-36(30,31)19-4-2-1-3-5-19/h1-10,15,21,25H,11-14,16H2. The van der Waals surface area contributed by atoms with E-state index < -0.39 is 41.9 Å². The van der Waals surface area contributed by atoms with Crippen LogP contribution in [0.4, 0.5) is 10.7 Å². The lowest BCUT2D eigenvalue weighted by Crippen LogP contribution is -2.33. The molecule has 15 heteroatoms. The maximum Gasteiger partial charge on any atom is 0.328 e. The molecule has 1 aromatic heterocycles. The summed E-state index contributed by atoms with van der Waals surface area (Å²) < 4.78 is 59.6. The highest BCUT2D eigenvalue weighted by Crippen LogP contribution is 2.36. The average Bonchev–Trinajstić information content (AvgIpc) is 3.34. The molecule has 0 bridgehead atoms. The molecular weight excluding hydrogens is 585 g/mol. The first kappa shape index (κ1) is 29.1. The summed E-state index contributed by atoms with van der Waals surface area (Å²) in [6, 6.07) is 14.7. The molecule has 2 aromatic carbocycles. The van der Waals surface area contributed by atoms with E-state index in [1.165, 1.54) is 47.8 Å². The van der Waals surface area contributed by atoms with Crippen molar-refractivity contribution in [1.82, 2.24) is 4.72 Å². The van der Waals surface area contributed by atoms with Crippen molar-refractivity contribution in [3.8, 4) is 5.75 Å². The predicted octanol–water partition coefficient (Wildman–Crippen LogP) is 4.37. The quantitative estimate of drug-likeness (QED) is 0.123. The number of hydrogen-bond acceptors (Lipinski definition) is 9. The monoisotopic (exact) mass is 607 g/mol. The van der Waals surface area contributed by atoms with Crippen LogP contribution in [-0.4, -0.2) is 53.2 Å². The Labute approximate surface area is 229 Å². The van der Waals surface area contributed by atoms with E-state index in [1.807, 2.05) is 4.90 Å². The summed E-state index contributed by atoms with van der Waals surface area (Å²) in [6.07, 6.45) is 0. The Morgan fingerprint density at radius 1 is 0.973 bits per heavy atom. The molecule has 0 saturated heterocycles. The largest absolute Gasteiger partial charge is 0.382 e. The van der Waals surface area contributed by atoms with Gasteiger partial charge in [-0.1, -0.05) is 29.5 Å². The predicted molar refractivity (Wildman–Crippen MR) is 145 cm³/mol. The lowest BCUT2D eigenvalue weighted by molar-refractivity contribution is -0.380. The van der Waals surface area contributed by atoms with Gasteiger partial charge in [0.2, 0.25) is 10.0 Å². The van der Waals surface area contributed by atoms with Crippen LogP contribution >= 0.6 is 34.5 Å². The van der Waals surface area contributed by atoms with Crippen LogP contribution in [-0.2, 0) is 20.1 Å². The van der Waals surface area contributed by atoms with Crippen molar-refractivity contribution in [2.75, 3.05) is 36.3 Å². The number of thiophene rings is 1. The normalized spacial score (nSPS) is 12.7. The zero-order chi connectivity index (χ0) is 27.1.